The minimum Gasteiger partial charge on any atom is -0.461 e. The van der Waals surface area contributed by atoms with E-state index in [1.165, 1.54) is 24.4 Å². The van der Waals surface area contributed by atoms with Crippen molar-refractivity contribution in [2.45, 2.75) is 18.7 Å². The molecule has 124 valence electrons. The van der Waals surface area contributed by atoms with Crippen LogP contribution in [0.1, 0.15) is 23.0 Å². The van der Waals surface area contributed by atoms with Gasteiger partial charge in [0.15, 0.2) is 11.3 Å². The van der Waals surface area contributed by atoms with Crippen LogP contribution >= 0.6 is 0 Å². The van der Waals surface area contributed by atoms with Crippen molar-refractivity contribution in [3.8, 4) is 0 Å². The van der Waals surface area contributed by atoms with E-state index in [1.807, 2.05) is 6.92 Å². The first-order chi connectivity index (χ1) is 11.4. The minimum atomic E-state index is -3.82. The number of rotatable bonds is 4. The normalized spacial score (nSPS) is 11.6. The molecule has 0 saturated carbocycles. The highest BCUT2D eigenvalue weighted by molar-refractivity contribution is 7.90. The lowest BCUT2D eigenvalue weighted by Gasteiger charge is -2.08. The van der Waals surface area contributed by atoms with Gasteiger partial charge in [0.25, 0.3) is 10.0 Å². The topological polar surface area (TPSA) is 91.2 Å². The number of hydrogen-bond acceptors (Lipinski definition) is 6. The summed E-state index contributed by atoms with van der Waals surface area (Å²) in [5.74, 6) is -0.615. The molecule has 0 bridgehead atoms. The van der Waals surface area contributed by atoms with Gasteiger partial charge in [0, 0.05) is 6.20 Å². The lowest BCUT2D eigenvalue weighted by Crippen LogP contribution is -2.13. The van der Waals surface area contributed by atoms with Crippen LogP contribution in [-0.2, 0) is 14.8 Å². The molecule has 0 amide bonds. The van der Waals surface area contributed by atoms with Gasteiger partial charge in [-0.1, -0.05) is 17.7 Å². The Bertz CT molecular complexity index is 1010. The lowest BCUT2D eigenvalue weighted by molar-refractivity contribution is 0.0522. The van der Waals surface area contributed by atoms with E-state index in [2.05, 4.69) is 9.97 Å². The van der Waals surface area contributed by atoms with Crippen LogP contribution in [0.5, 0.6) is 0 Å². The van der Waals surface area contributed by atoms with Gasteiger partial charge in [0.1, 0.15) is 6.33 Å². The van der Waals surface area contributed by atoms with E-state index in [0.29, 0.717) is 5.39 Å². The minimum absolute atomic E-state index is 0.0414. The molecule has 8 heteroatoms. The number of ether oxygens (including phenoxy) is 1. The highest BCUT2D eigenvalue weighted by atomic mass is 32.2. The molecule has 0 aliphatic heterocycles. The fourth-order valence-corrected chi connectivity index (χ4v) is 3.61. The Balaban J connectivity index is 2.16. The van der Waals surface area contributed by atoms with E-state index >= 15 is 0 Å². The first-order valence-corrected chi connectivity index (χ1v) is 8.70. The number of carbonyl (C=O) groups is 1. The van der Waals surface area contributed by atoms with Crippen molar-refractivity contribution in [2.24, 2.45) is 0 Å². The number of esters is 1. The van der Waals surface area contributed by atoms with Crippen LogP contribution in [0.25, 0.3) is 11.0 Å². The van der Waals surface area contributed by atoms with Crippen molar-refractivity contribution in [2.75, 3.05) is 6.61 Å². The SMILES string of the molecule is CCOC(=O)c1ncnc2c1ccn2S(=O)(=O)c1ccc(C)cc1. The molecule has 0 atom stereocenters. The quantitative estimate of drug-likeness (QED) is 0.673. The first-order valence-electron chi connectivity index (χ1n) is 7.26. The molecule has 0 unspecified atom stereocenters. The summed E-state index contributed by atoms with van der Waals surface area (Å²) in [6.07, 6.45) is 2.51. The average molecular weight is 345 g/mol. The molecule has 0 spiro atoms. The summed E-state index contributed by atoms with van der Waals surface area (Å²) in [6, 6.07) is 8.00. The van der Waals surface area contributed by atoms with Gasteiger partial charge in [-0.05, 0) is 32.0 Å². The predicted octanol–water partition coefficient (Wildman–Crippen LogP) is 2.15. The summed E-state index contributed by atoms with van der Waals surface area (Å²) >= 11 is 0. The molecule has 24 heavy (non-hydrogen) atoms. The van der Waals surface area contributed by atoms with Crippen LogP contribution < -0.4 is 0 Å². The maximum absolute atomic E-state index is 12.8. The molecule has 3 aromatic rings. The average Bonchev–Trinajstić information content (AvgIpc) is 3.00. The molecule has 0 N–H and O–H groups in total. The van der Waals surface area contributed by atoms with Crippen LogP contribution in [0.2, 0.25) is 0 Å². The summed E-state index contributed by atoms with van der Waals surface area (Å²) < 4.78 is 31.6. The van der Waals surface area contributed by atoms with Crippen molar-refractivity contribution in [3.05, 3.63) is 54.1 Å². The number of aromatic nitrogens is 3. The van der Waals surface area contributed by atoms with E-state index < -0.39 is 16.0 Å². The molecule has 0 aliphatic carbocycles. The zero-order valence-electron chi connectivity index (χ0n) is 13.1. The Labute approximate surface area is 139 Å². The van der Waals surface area contributed by atoms with Crippen molar-refractivity contribution < 1.29 is 17.9 Å². The van der Waals surface area contributed by atoms with Crippen LogP contribution in [-0.4, -0.2) is 34.9 Å². The summed E-state index contributed by atoms with van der Waals surface area (Å²) in [6.45, 7) is 3.76. The van der Waals surface area contributed by atoms with Crippen molar-refractivity contribution in [3.63, 3.8) is 0 Å². The predicted molar refractivity (Wildman–Crippen MR) is 87.2 cm³/mol. The van der Waals surface area contributed by atoms with Crippen LogP contribution in [0.3, 0.4) is 0 Å². The second-order valence-corrected chi connectivity index (χ2v) is 6.92. The van der Waals surface area contributed by atoms with Crippen molar-refractivity contribution in [1.29, 1.82) is 0 Å². The Morgan fingerprint density at radius 1 is 1.17 bits per heavy atom. The highest BCUT2D eigenvalue weighted by Gasteiger charge is 2.23. The molecule has 2 aromatic heterocycles. The molecule has 0 aliphatic rings. The fraction of sp³-hybridized carbons (Fsp3) is 0.188. The van der Waals surface area contributed by atoms with E-state index in [0.717, 1.165) is 15.9 Å². The van der Waals surface area contributed by atoms with Gasteiger partial charge in [-0.2, -0.15) is 0 Å². The maximum Gasteiger partial charge on any atom is 0.357 e. The molecule has 0 fully saturated rings. The lowest BCUT2D eigenvalue weighted by atomic mass is 10.2. The number of fused-ring (bicyclic) bond motifs is 1. The van der Waals surface area contributed by atoms with Crippen LogP contribution in [0.15, 0.2) is 47.8 Å². The van der Waals surface area contributed by atoms with Gasteiger partial charge in [0.05, 0.1) is 16.9 Å². The van der Waals surface area contributed by atoms with E-state index in [9.17, 15) is 13.2 Å². The number of aryl methyl sites for hydroxylation is 1. The summed E-state index contributed by atoms with van der Waals surface area (Å²) in [5.41, 5.74) is 1.13. The third kappa shape index (κ3) is 2.65. The van der Waals surface area contributed by atoms with Crippen molar-refractivity contribution in [1.82, 2.24) is 13.9 Å². The number of nitrogens with zero attached hydrogens (tertiary/aromatic N) is 3. The van der Waals surface area contributed by atoms with E-state index in [-0.39, 0.29) is 22.8 Å². The third-order valence-electron chi connectivity index (χ3n) is 3.49. The smallest absolute Gasteiger partial charge is 0.357 e. The first kappa shape index (κ1) is 16.1. The van der Waals surface area contributed by atoms with E-state index in [4.69, 9.17) is 4.74 Å². The van der Waals surface area contributed by atoms with Gasteiger partial charge in [0.2, 0.25) is 0 Å². The molecule has 1 aromatic carbocycles. The van der Waals surface area contributed by atoms with Gasteiger partial charge in [-0.25, -0.2) is 27.2 Å². The molecule has 0 saturated heterocycles. The third-order valence-corrected chi connectivity index (χ3v) is 5.18. The second kappa shape index (κ2) is 6.04. The van der Waals surface area contributed by atoms with Crippen LogP contribution in [0, 0.1) is 6.92 Å². The van der Waals surface area contributed by atoms with Gasteiger partial charge < -0.3 is 4.74 Å². The fourth-order valence-electron chi connectivity index (χ4n) is 2.31. The molecular weight excluding hydrogens is 330 g/mol. The maximum atomic E-state index is 12.8. The van der Waals surface area contributed by atoms with Gasteiger partial charge >= 0.3 is 5.97 Å². The summed E-state index contributed by atoms with van der Waals surface area (Å²) in [4.78, 5) is 20.0. The Morgan fingerprint density at radius 2 is 1.88 bits per heavy atom. The monoisotopic (exact) mass is 345 g/mol. The molecule has 2 heterocycles. The van der Waals surface area contributed by atoms with Crippen LogP contribution in [0.4, 0.5) is 0 Å². The summed E-state index contributed by atoms with van der Waals surface area (Å²) in [5, 5.41) is 0.326. The second-order valence-electron chi connectivity index (χ2n) is 5.11. The Kier molecular flexibility index (Phi) is 4.06. The Morgan fingerprint density at radius 3 is 2.54 bits per heavy atom. The zero-order chi connectivity index (χ0) is 17.3. The number of carbonyl (C=O) groups excluding carboxylic acids is 1. The van der Waals surface area contributed by atoms with Gasteiger partial charge in [-0.3, -0.25) is 0 Å². The number of hydrogen-bond donors (Lipinski definition) is 0. The van der Waals surface area contributed by atoms with E-state index in [1.54, 1.807) is 19.1 Å². The molecular formula is C16H15N3O4S. The zero-order valence-corrected chi connectivity index (χ0v) is 13.9. The molecule has 7 nitrogen and oxygen atoms in total. The summed E-state index contributed by atoms with van der Waals surface area (Å²) in [7, 11) is -3.82. The Hall–Kier alpha value is -2.74. The van der Waals surface area contributed by atoms with Crippen molar-refractivity contribution >= 4 is 27.0 Å². The largest absolute Gasteiger partial charge is 0.461 e. The standard InChI is InChI=1S/C16H15N3O4S/c1-3-23-16(20)14-13-8-9-19(15(13)18-10-17-14)24(21,22)12-6-4-11(2)5-7-12/h4-10H,3H2,1-2H3. The molecule has 0 radical (unpaired) electrons. The highest BCUT2D eigenvalue weighted by Crippen LogP contribution is 2.22. The number of benzene rings is 1. The van der Waals surface area contributed by atoms with Gasteiger partial charge in [-0.15, -0.1) is 0 Å². The molecule has 3 rings (SSSR count).